The minimum atomic E-state index is -1.44. The van der Waals surface area contributed by atoms with Gasteiger partial charge in [0.15, 0.2) is 0 Å². The Labute approximate surface area is 121 Å². The molecule has 0 aromatic heterocycles. The van der Waals surface area contributed by atoms with Crippen LogP contribution in [0.25, 0.3) is 6.08 Å². The Balaban J connectivity index is 2.42. The minimum Gasteiger partial charge on any atom is -0.285 e. The molecular formula is C16H19ClOSi. The largest absolute Gasteiger partial charge is 0.285 e. The highest BCUT2D eigenvalue weighted by molar-refractivity contribution is 6.84. The molecule has 19 heavy (non-hydrogen) atoms. The summed E-state index contributed by atoms with van der Waals surface area (Å²) in [7, 11) is -1.44. The Bertz CT molecular complexity index is 530. The zero-order valence-corrected chi connectivity index (χ0v) is 13.4. The van der Waals surface area contributed by atoms with Crippen LogP contribution < -0.4 is 0 Å². The average molecular weight is 291 g/mol. The zero-order valence-electron chi connectivity index (χ0n) is 11.7. The van der Waals surface area contributed by atoms with Crippen LogP contribution in [0, 0.1) is 11.5 Å². The van der Waals surface area contributed by atoms with Crippen LogP contribution >= 0.6 is 11.6 Å². The molecule has 0 radical (unpaired) electrons. The number of hydrogen-bond acceptors (Lipinski definition) is 1. The Kier molecular flexibility index (Phi) is 6.07. The molecule has 0 saturated carbocycles. The van der Waals surface area contributed by atoms with E-state index in [1.807, 2.05) is 36.4 Å². The lowest BCUT2D eigenvalue weighted by Crippen LogP contribution is -2.17. The van der Waals surface area contributed by atoms with Gasteiger partial charge in [0.2, 0.25) is 5.78 Å². The maximum atomic E-state index is 11.5. The van der Waals surface area contributed by atoms with Gasteiger partial charge in [0.1, 0.15) is 8.07 Å². The fraction of sp³-hybridized carbons (Fsp3) is 0.312. The van der Waals surface area contributed by atoms with E-state index in [4.69, 9.17) is 11.6 Å². The summed E-state index contributed by atoms with van der Waals surface area (Å²) in [6.45, 7) is 6.39. The second-order valence-electron chi connectivity index (χ2n) is 5.42. The van der Waals surface area contributed by atoms with Gasteiger partial charge in [-0.1, -0.05) is 55.5 Å². The highest BCUT2D eigenvalue weighted by atomic mass is 35.5. The Hall–Kier alpha value is -1.30. The van der Waals surface area contributed by atoms with Crippen molar-refractivity contribution in [2.24, 2.45) is 0 Å². The quantitative estimate of drug-likeness (QED) is 0.586. The third kappa shape index (κ3) is 7.66. The van der Waals surface area contributed by atoms with Gasteiger partial charge >= 0.3 is 0 Å². The van der Waals surface area contributed by atoms with E-state index >= 15 is 0 Å². The summed E-state index contributed by atoms with van der Waals surface area (Å²) < 4.78 is 0. The molecule has 3 heteroatoms. The van der Waals surface area contributed by atoms with E-state index in [9.17, 15) is 4.79 Å². The highest BCUT2D eigenvalue weighted by Gasteiger charge is 2.08. The molecule has 0 amide bonds. The number of carbonyl (C=O) groups is 1. The predicted molar refractivity (Wildman–Crippen MR) is 85.8 cm³/mol. The predicted octanol–water partition coefficient (Wildman–Crippen LogP) is 4.58. The molecule has 0 atom stereocenters. The van der Waals surface area contributed by atoms with E-state index in [0.29, 0.717) is 12.8 Å². The van der Waals surface area contributed by atoms with Gasteiger partial charge in [0, 0.05) is 11.4 Å². The molecule has 1 aromatic carbocycles. The number of rotatable bonds is 4. The summed E-state index contributed by atoms with van der Waals surface area (Å²) in [6, 6.07) is 7.63. The maximum Gasteiger partial charge on any atom is 0.205 e. The maximum absolute atomic E-state index is 11.5. The van der Waals surface area contributed by atoms with Gasteiger partial charge in [-0.3, -0.25) is 4.79 Å². The summed E-state index contributed by atoms with van der Waals surface area (Å²) in [6.07, 6.45) is 5.16. The van der Waals surface area contributed by atoms with Crippen LogP contribution in [0.5, 0.6) is 0 Å². The molecule has 1 rings (SSSR count). The van der Waals surface area contributed by atoms with Gasteiger partial charge in [-0.2, -0.15) is 0 Å². The van der Waals surface area contributed by atoms with Crippen molar-refractivity contribution in [1.29, 1.82) is 0 Å². The number of halogens is 1. The molecule has 0 unspecified atom stereocenters. The smallest absolute Gasteiger partial charge is 0.205 e. The van der Waals surface area contributed by atoms with Crippen molar-refractivity contribution in [2.75, 3.05) is 0 Å². The van der Waals surface area contributed by atoms with Crippen LogP contribution in [0.15, 0.2) is 30.3 Å². The van der Waals surface area contributed by atoms with E-state index in [0.717, 1.165) is 10.6 Å². The highest BCUT2D eigenvalue weighted by Crippen LogP contribution is 2.12. The molecule has 0 aliphatic heterocycles. The topological polar surface area (TPSA) is 17.1 Å². The van der Waals surface area contributed by atoms with Gasteiger partial charge in [0.25, 0.3) is 0 Å². The normalized spacial score (nSPS) is 11.2. The lowest BCUT2D eigenvalue weighted by Gasteiger charge is -2.02. The van der Waals surface area contributed by atoms with Gasteiger partial charge in [-0.25, -0.2) is 0 Å². The Morgan fingerprint density at radius 3 is 2.74 bits per heavy atom. The van der Waals surface area contributed by atoms with Crippen molar-refractivity contribution in [2.45, 2.75) is 32.5 Å². The Morgan fingerprint density at radius 2 is 2.11 bits per heavy atom. The first kappa shape index (κ1) is 15.8. The summed E-state index contributed by atoms with van der Waals surface area (Å²) in [5.41, 5.74) is 4.13. The van der Waals surface area contributed by atoms with E-state index in [1.165, 1.54) is 0 Å². The summed E-state index contributed by atoms with van der Waals surface area (Å²) >= 11 is 5.89. The van der Waals surface area contributed by atoms with Gasteiger partial charge in [-0.05, 0) is 30.0 Å². The summed E-state index contributed by atoms with van der Waals surface area (Å²) in [4.78, 5) is 11.5. The van der Waals surface area contributed by atoms with Crippen LogP contribution in [0.3, 0.4) is 0 Å². The molecule has 0 fully saturated rings. The van der Waals surface area contributed by atoms with Crippen LogP contribution in [-0.2, 0) is 4.79 Å². The first-order valence-corrected chi connectivity index (χ1v) is 10.2. The molecular weight excluding hydrogens is 272 g/mol. The van der Waals surface area contributed by atoms with E-state index in [-0.39, 0.29) is 5.78 Å². The number of ketones is 1. The lowest BCUT2D eigenvalue weighted by molar-refractivity contribution is -0.113. The fourth-order valence-electron chi connectivity index (χ4n) is 1.36. The van der Waals surface area contributed by atoms with Crippen LogP contribution in [-0.4, -0.2) is 13.9 Å². The van der Waals surface area contributed by atoms with Gasteiger partial charge in [-0.15, -0.1) is 5.54 Å². The Morgan fingerprint density at radius 1 is 1.37 bits per heavy atom. The van der Waals surface area contributed by atoms with Crippen molar-refractivity contribution < 1.29 is 4.79 Å². The van der Waals surface area contributed by atoms with E-state index < -0.39 is 8.07 Å². The van der Waals surface area contributed by atoms with Crippen LogP contribution in [0.2, 0.25) is 24.7 Å². The molecule has 0 aliphatic carbocycles. The second kappa shape index (κ2) is 7.33. The van der Waals surface area contributed by atoms with Crippen LogP contribution in [0.1, 0.15) is 18.4 Å². The molecule has 0 spiro atoms. The molecule has 0 aliphatic rings. The first-order chi connectivity index (χ1) is 8.87. The minimum absolute atomic E-state index is 0.0261. The van der Waals surface area contributed by atoms with Crippen molar-refractivity contribution in [3.63, 3.8) is 0 Å². The molecule has 1 aromatic rings. The lowest BCUT2D eigenvalue weighted by atomic mass is 10.1. The molecule has 1 nitrogen and oxygen atoms in total. The first-order valence-electron chi connectivity index (χ1n) is 6.35. The summed E-state index contributed by atoms with van der Waals surface area (Å²) in [5, 5.41) is 0.722. The third-order valence-corrected chi connectivity index (χ3v) is 3.38. The molecule has 100 valence electrons. The number of allylic oxidation sites excluding steroid dienone is 1. The molecule has 0 heterocycles. The van der Waals surface area contributed by atoms with Gasteiger partial charge in [0.05, 0.1) is 0 Å². The second-order valence-corrected chi connectivity index (χ2v) is 10.6. The zero-order chi connectivity index (χ0) is 14.3. The van der Waals surface area contributed by atoms with E-state index in [1.54, 1.807) is 0 Å². The van der Waals surface area contributed by atoms with Crippen molar-refractivity contribution in [3.05, 3.63) is 40.9 Å². The van der Waals surface area contributed by atoms with Crippen molar-refractivity contribution in [1.82, 2.24) is 0 Å². The SMILES string of the molecule is C[Si](C)(C)C#CC(=O)CCC=Cc1cccc(Cl)c1. The van der Waals surface area contributed by atoms with Crippen molar-refractivity contribution in [3.8, 4) is 11.5 Å². The molecule has 0 saturated heterocycles. The average Bonchev–Trinajstić information content (AvgIpc) is 2.31. The van der Waals surface area contributed by atoms with E-state index in [2.05, 4.69) is 31.1 Å². The van der Waals surface area contributed by atoms with Crippen molar-refractivity contribution >= 4 is 31.5 Å². The molecule has 0 bridgehead atoms. The number of Topliss-reactive ketones (excluding diaryl/α,β-unsaturated/α-hetero) is 1. The molecule has 0 N–H and O–H groups in total. The summed E-state index contributed by atoms with van der Waals surface area (Å²) in [5.74, 6) is 2.77. The number of benzene rings is 1. The number of carbonyl (C=O) groups excluding carboxylic acids is 1. The van der Waals surface area contributed by atoms with Gasteiger partial charge < -0.3 is 0 Å². The van der Waals surface area contributed by atoms with Crippen LogP contribution in [0.4, 0.5) is 0 Å². The fourth-order valence-corrected chi connectivity index (χ4v) is 2.08. The number of hydrogen-bond donors (Lipinski definition) is 0. The monoisotopic (exact) mass is 290 g/mol. The third-order valence-electron chi connectivity index (χ3n) is 2.27. The standard InChI is InChI=1S/C16H19ClOSi/c1-19(2,3)12-11-16(18)10-5-4-7-14-8-6-9-15(17)13-14/h4,6-9,13H,5,10H2,1-3H3.